The van der Waals surface area contributed by atoms with E-state index in [1.807, 2.05) is 20.0 Å². The summed E-state index contributed by atoms with van der Waals surface area (Å²) in [5.41, 5.74) is 0.0620. The van der Waals surface area contributed by atoms with E-state index in [4.69, 9.17) is 5.11 Å². The zero-order valence-corrected chi connectivity index (χ0v) is 9.32. The maximum absolute atomic E-state index is 11.1. The quantitative estimate of drug-likeness (QED) is 0.750. The summed E-state index contributed by atoms with van der Waals surface area (Å²) in [4.78, 5) is 11.1. The Hall–Kier alpha value is -1.36. The molecule has 84 valence electrons. The monoisotopic (exact) mass is 211 g/mol. The standard InChI is InChI=1S/C10H17N3O2/c1-4-11-10(3,9(14)15)7-13-6-8(2)5-12-13/h5-6,11H,4,7H2,1-3H3,(H,14,15). The van der Waals surface area contributed by atoms with Crippen LogP contribution in [0.3, 0.4) is 0 Å². The summed E-state index contributed by atoms with van der Waals surface area (Å²) in [7, 11) is 0. The Labute approximate surface area is 89.1 Å². The average Bonchev–Trinajstić information content (AvgIpc) is 2.51. The summed E-state index contributed by atoms with van der Waals surface area (Å²) in [6, 6.07) is 0. The highest BCUT2D eigenvalue weighted by Gasteiger charge is 2.32. The van der Waals surface area contributed by atoms with Crippen LogP contribution in [-0.2, 0) is 11.3 Å². The second-order valence-corrected chi connectivity index (χ2v) is 3.88. The SMILES string of the molecule is CCNC(C)(Cn1cc(C)cn1)C(=O)O. The Bertz CT molecular complexity index is 348. The first-order valence-corrected chi connectivity index (χ1v) is 4.95. The van der Waals surface area contributed by atoms with Crippen molar-refractivity contribution in [2.75, 3.05) is 6.54 Å². The van der Waals surface area contributed by atoms with Gasteiger partial charge >= 0.3 is 5.97 Å². The highest BCUT2D eigenvalue weighted by atomic mass is 16.4. The number of nitrogens with one attached hydrogen (secondary N) is 1. The van der Waals surface area contributed by atoms with Crippen molar-refractivity contribution in [1.82, 2.24) is 15.1 Å². The molecule has 0 bridgehead atoms. The summed E-state index contributed by atoms with van der Waals surface area (Å²) in [6.07, 6.45) is 3.55. The van der Waals surface area contributed by atoms with Gasteiger partial charge in [0.2, 0.25) is 0 Å². The topological polar surface area (TPSA) is 67.2 Å². The van der Waals surface area contributed by atoms with Crippen LogP contribution >= 0.6 is 0 Å². The molecule has 1 unspecified atom stereocenters. The molecule has 0 spiro atoms. The Kier molecular flexibility index (Phi) is 3.47. The van der Waals surface area contributed by atoms with Gasteiger partial charge in [0.05, 0.1) is 12.7 Å². The third kappa shape index (κ3) is 2.79. The van der Waals surface area contributed by atoms with Crippen molar-refractivity contribution in [3.63, 3.8) is 0 Å². The van der Waals surface area contributed by atoms with Crippen LogP contribution in [0.5, 0.6) is 0 Å². The number of carbonyl (C=O) groups is 1. The van der Waals surface area contributed by atoms with Crippen molar-refractivity contribution in [3.05, 3.63) is 18.0 Å². The largest absolute Gasteiger partial charge is 0.480 e. The smallest absolute Gasteiger partial charge is 0.325 e. The van der Waals surface area contributed by atoms with Crippen molar-refractivity contribution >= 4 is 5.97 Å². The lowest BCUT2D eigenvalue weighted by Gasteiger charge is -2.25. The number of carboxylic acids is 1. The van der Waals surface area contributed by atoms with Gasteiger partial charge in [0, 0.05) is 6.20 Å². The number of carboxylic acid groups (broad SMARTS) is 1. The summed E-state index contributed by atoms with van der Waals surface area (Å²) >= 11 is 0. The average molecular weight is 211 g/mol. The van der Waals surface area contributed by atoms with E-state index in [0.717, 1.165) is 5.56 Å². The van der Waals surface area contributed by atoms with Crippen molar-refractivity contribution in [3.8, 4) is 0 Å². The number of nitrogens with zero attached hydrogens (tertiary/aromatic N) is 2. The fraction of sp³-hybridized carbons (Fsp3) is 0.600. The van der Waals surface area contributed by atoms with Gasteiger partial charge in [-0.1, -0.05) is 6.92 Å². The molecule has 1 rings (SSSR count). The van der Waals surface area contributed by atoms with Crippen LogP contribution in [0.2, 0.25) is 0 Å². The van der Waals surface area contributed by atoms with Crippen LogP contribution in [0.1, 0.15) is 19.4 Å². The first-order valence-electron chi connectivity index (χ1n) is 4.95. The molecule has 0 aliphatic heterocycles. The molecule has 0 saturated heterocycles. The molecule has 1 aromatic heterocycles. The third-order valence-electron chi connectivity index (χ3n) is 2.28. The van der Waals surface area contributed by atoms with Gasteiger partial charge in [-0.2, -0.15) is 5.10 Å². The minimum atomic E-state index is -0.965. The number of hydrogen-bond acceptors (Lipinski definition) is 3. The lowest BCUT2D eigenvalue weighted by atomic mass is 10.0. The van der Waals surface area contributed by atoms with E-state index >= 15 is 0 Å². The molecule has 5 nitrogen and oxygen atoms in total. The van der Waals surface area contributed by atoms with E-state index in [9.17, 15) is 4.79 Å². The number of aromatic nitrogens is 2. The fourth-order valence-electron chi connectivity index (χ4n) is 1.47. The molecule has 15 heavy (non-hydrogen) atoms. The molecule has 1 aromatic rings. The van der Waals surface area contributed by atoms with Crippen LogP contribution in [0.4, 0.5) is 0 Å². The Morgan fingerprint density at radius 3 is 2.80 bits per heavy atom. The molecule has 1 heterocycles. The summed E-state index contributed by atoms with van der Waals surface area (Å²) in [6.45, 7) is 6.41. The summed E-state index contributed by atoms with van der Waals surface area (Å²) in [5, 5.41) is 16.2. The Morgan fingerprint density at radius 2 is 2.40 bits per heavy atom. The first kappa shape index (κ1) is 11.7. The predicted octanol–water partition coefficient (Wildman–Crippen LogP) is 0.644. The number of aryl methyl sites for hydroxylation is 1. The highest BCUT2D eigenvalue weighted by Crippen LogP contribution is 2.08. The number of aliphatic carboxylic acids is 1. The van der Waals surface area contributed by atoms with Gasteiger partial charge in [0.25, 0.3) is 0 Å². The van der Waals surface area contributed by atoms with Crippen LogP contribution in [0.25, 0.3) is 0 Å². The number of hydrogen-bond donors (Lipinski definition) is 2. The molecular weight excluding hydrogens is 194 g/mol. The van der Waals surface area contributed by atoms with E-state index < -0.39 is 11.5 Å². The zero-order chi connectivity index (χ0) is 11.5. The van der Waals surface area contributed by atoms with Gasteiger partial charge < -0.3 is 10.4 Å². The molecule has 0 fully saturated rings. The van der Waals surface area contributed by atoms with Gasteiger partial charge in [-0.25, -0.2) is 0 Å². The summed E-state index contributed by atoms with van der Waals surface area (Å²) < 4.78 is 1.64. The van der Waals surface area contributed by atoms with Crippen LogP contribution in [0, 0.1) is 6.92 Å². The van der Waals surface area contributed by atoms with E-state index in [-0.39, 0.29) is 0 Å². The van der Waals surface area contributed by atoms with E-state index in [2.05, 4.69) is 10.4 Å². The van der Waals surface area contributed by atoms with Gasteiger partial charge in [-0.3, -0.25) is 9.48 Å². The van der Waals surface area contributed by atoms with Gasteiger partial charge in [-0.05, 0) is 26.0 Å². The third-order valence-corrected chi connectivity index (χ3v) is 2.28. The molecule has 1 atom stereocenters. The van der Waals surface area contributed by atoms with E-state index in [1.54, 1.807) is 17.8 Å². The maximum atomic E-state index is 11.1. The molecule has 0 aliphatic carbocycles. The molecule has 0 radical (unpaired) electrons. The number of likely N-dealkylation sites (N-methyl/N-ethyl adjacent to an activating group) is 1. The van der Waals surface area contributed by atoms with Crippen LogP contribution in [0.15, 0.2) is 12.4 Å². The first-order chi connectivity index (χ1) is 6.98. The number of rotatable bonds is 5. The van der Waals surface area contributed by atoms with E-state index in [1.165, 1.54) is 0 Å². The molecule has 2 N–H and O–H groups in total. The second kappa shape index (κ2) is 4.44. The molecule has 0 amide bonds. The maximum Gasteiger partial charge on any atom is 0.325 e. The van der Waals surface area contributed by atoms with Crippen molar-refractivity contribution in [1.29, 1.82) is 0 Å². The Morgan fingerprint density at radius 1 is 1.73 bits per heavy atom. The van der Waals surface area contributed by atoms with Crippen LogP contribution in [-0.4, -0.2) is 32.9 Å². The molecule has 0 aliphatic rings. The summed E-state index contributed by atoms with van der Waals surface area (Å²) in [5.74, 6) is -0.863. The zero-order valence-electron chi connectivity index (χ0n) is 9.32. The van der Waals surface area contributed by atoms with Crippen molar-refractivity contribution < 1.29 is 9.90 Å². The van der Waals surface area contributed by atoms with E-state index in [0.29, 0.717) is 13.1 Å². The van der Waals surface area contributed by atoms with Crippen molar-refractivity contribution in [2.45, 2.75) is 32.9 Å². The van der Waals surface area contributed by atoms with Crippen molar-refractivity contribution in [2.24, 2.45) is 0 Å². The second-order valence-electron chi connectivity index (χ2n) is 3.88. The molecule has 0 saturated carbocycles. The molecule has 0 aromatic carbocycles. The lowest BCUT2D eigenvalue weighted by molar-refractivity contribution is -0.144. The van der Waals surface area contributed by atoms with Gasteiger partial charge in [0.1, 0.15) is 5.54 Å². The highest BCUT2D eigenvalue weighted by molar-refractivity contribution is 5.78. The van der Waals surface area contributed by atoms with Gasteiger partial charge in [-0.15, -0.1) is 0 Å². The Balaban J connectivity index is 2.79. The predicted molar refractivity (Wildman–Crippen MR) is 56.7 cm³/mol. The molecular formula is C10H17N3O2. The van der Waals surface area contributed by atoms with Gasteiger partial charge in [0.15, 0.2) is 0 Å². The fourth-order valence-corrected chi connectivity index (χ4v) is 1.47. The normalized spacial score (nSPS) is 14.9. The van der Waals surface area contributed by atoms with Crippen LogP contribution < -0.4 is 5.32 Å². The minimum Gasteiger partial charge on any atom is -0.480 e. The minimum absolute atomic E-state index is 0.323. The molecule has 5 heteroatoms. The lowest BCUT2D eigenvalue weighted by Crippen LogP contribution is -2.52.